The van der Waals surface area contributed by atoms with Crippen LogP contribution in [0.25, 0.3) is 24.3 Å². The van der Waals surface area contributed by atoms with Gasteiger partial charge in [-0.2, -0.15) is 10.5 Å². The summed E-state index contributed by atoms with van der Waals surface area (Å²) in [5.41, 5.74) is 5.23. The Kier molecular flexibility index (Phi) is 13.1. The number of unbranched alkanes of at least 4 members (excludes halogenated alkanes) is 6. The third kappa shape index (κ3) is 10.1. The van der Waals surface area contributed by atoms with Crippen LogP contribution < -0.4 is 9.47 Å². The smallest absolute Gasteiger partial charge is 0.127 e. The minimum Gasteiger partial charge on any atom is -0.493 e. The highest BCUT2D eigenvalue weighted by Crippen LogP contribution is 2.33. The third-order valence-corrected chi connectivity index (χ3v) is 6.64. The number of nitrogens with zero attached hydrogens (tertiary/aromatic N) is 2. The topological polar surface area (TPSA) is 66.0 Å². The van der Waals surface area contributed by atoms with Crippen LogP contribution in [0.2, 0.25) is 0 Å². The fourth-order valence-electron chi connectivity index (χ4n) is 4.23. The van der Waals surface area contributed by atoms with Gasteiger partial charge in [-0.3, -0.25) is 0 Å². The minimum atomic E-state index is 0.644. The largest absolute Gasteiger partial charge is 0.493 e. The second kappa shape index (κ2) is 17.3. The fourth-order valence-corrected chi connectivity index (χ4v) is 4.23. The van der Waals surface area contributed by atoms with Crippen LogP contribution in [0.3, 0.4) is 0 Å². The molecular weight excluding hydrogens is 492 g/mol. The van der Waals surface area contributed by atoms with Gasteiger partial charge in [0.2, 0.25) is 0 Å². The molecule has 0 N–H and O–H groups in total. The van der Waals surface area contributed by atoms with Gasteiger partial charge in [0.1, 0.15) is 11.5 Å². The first-order valence-corrected chi connectivity index (χ1v) is 14.5. The van der Waals surface area contributed by atoms with E-state index in [1.165, 1.54) is 25.7 Å². The summed E-state index contributed by atoms with van der Waals surface area (Å²) in [5, 5.41) is 18.2. The molecule has 3 aromatic rings. The zero-order valence-electron chi connectivity index (χ0n) is 23.9. The molecule has 0 aliphatic rings. The summed E-state index contributed by atoms with van der Waals surface area (Å²) < 4.78 is 12.6. The van der Waals surface area contributed by atoms with Gasteiger partial charge in [-0.05, 0) is 60.4 Å². The zero-order valence-corrected chi connectivity index (χ0v) is 23.9. The van der Waals surface area contributed by atoms with Gasteiger partial charge < -0.3 is 9.47 Å². The van der Waals surface area contributed by atoms with Crippen LogP contribution in [-0.2, 0) is 0 Å². The number of nitriles is 2. The van der Waals surface area contributed by atoms with E-state index in [1.54, 1.807) is 0 Å². The SMILES string of the molecule is CCCCCCOc1cc(/C=C/c2ccc(C#N)cc2)c(OCCCCCC)cc1/C=C/c1ccc(C#N)cc1. The lowest BCUT2D eigenvalue weighted by Crippen LogP contribution is -2.03. The molecule has 0 aromatic heterocycles. The predicted molar refractivity (Wildman–Crippen MR) is 166 cm³/mol. The van der Waals surface area contributed by atoms with Crippen LogP contribution in [0.5, 0.6) is 11.5 Å². The molecule has 0 aliphatic heterocycles. The third-order valence-electron chi connectivity index (χ3n) is 6.64. The maximum atomic E-state index is 9.11. The second-order valence-corrected chi connectivity index (χ2v) is 9.88. The van der Waals surface area contributed by atoms with Gasteiger partial charge >= 0.3 is 0 Å². The molecule has 0 amide bonds. The molecular formula is C36H40N2O2. The maximum absolute atomic E-state index is 9.11. The Morgan fingerprint density at radius 1 is 0.550 bits per heavy atom. The molecule has 0 aliphatic carbocycles. The molecule has 0 radical (unpaired) electrons. The number of hydrogen-bond acceptors (Lipinski definition) is 4. The van der Waals surface area contributed by atoms with Crippen molar-refractivity contribution in [3.63, 3.8) is 0 Å². The quantitative estimate of drug-likeness (QED) is 0.136. The van der Waals surface area contributed by atoms with Gasteiger partial charge in [-0.25, -0.2) is 0 Å². The number of benzene rings is 3. The summed E-state index contributed by atoms with van der Waals surface area (Å²) >= 11 is 0. The Labute approximate surface area is 240 Å². The number of hydrogen-bond donors (Lipinski definition) is 0. The molecule has 0 bridgehead atoms. The molecule has 0 spiro atoms. The van der Waals surface area contributed by atoms with Gasteiger partial charge in [-0.15, -0.1) is 0 Å². The van der Waals surface area contributed by atoms with Gasteiger partial charge in [0, 0.05) is 11.1 Å². The van der Waals surface area contributed by atoms with Gasteiger partial charge in [0.05, 0.1) is 36.5 Å². The van der Waals surface area contributed by atoms with E-state index in [1.807, 2.05) is 60.7 Å². The Morgan fingerprint density at radius 2 is 0.950 bits per heavy atom. The van der Waals surface area contributed by atoms with Crippen LogP contribution >= 0.6 is 0 Å². The molecule has 0 heterocycles. The van der Waals surface area contributed by atoms with Crippen LogP contribution in [-0.4, -0.2) is 13.2 Å². The Morgan fingerprint density at radius 3 is 1.30 bits per heavy atom. The van der Waals surface area contributed by atoms with Crippen molar-refractivity contribution in [1.82, 2.24) is 0 Å². The molecule has 0 fully saturated rings. The van der Waals surface area contributed by atoms with Crippen molar-refractivity contribution < 1.29 is 9.47 Å². The van der Waals surface area contributed by atoms with Crippen LogP contribution in [0, 0.1) is 22.7 Å². The van der Waals surface area contributed by atoms with Crippen LogP contribution in [0.4, 0.5) is 0 Å². The highest BCUT2D eigenvalue weighted by Gasteiger charge is 2.10. The van der Waals surface area contributed by atoms with Gasteiger partial charge in [0.15, 0.2) is 0 Å². The molecule has 206 valence electrons. The minimum absolute atomic E-state index is 0.644. The predicted octanol–water partition coefficient (Wildman–Crippen LogP) is 9.69. The first kappa shape index (κ1) is 30.3. The Bertz CT molecular complexity index is 1220. The summed E-state index contributed by atoms with van der Waals surface area (Å²) in [7, 11) is 0. The van der Waals surface area contributed by atoms with E-state index in [9.17, 15) is 0 Å². The normalized spacial score (nSPS) is 11.0. The summed E-state index contributed by atoms with van der Waals surface area (Å²) in [6, 6.07) is 23.6. The van der Waals surface area contributed by atoms with Crippen molar-refractivity contribution in [2.24, 2.45) is 0 Å². The summed E-state index contributed by atoms with van der Waals surface area (Å²) in [6.07, 6.45) is 17.3. The lowest BCUT2D eigenvalue weighted by molar-refractivity contribution is 0.296. The van der Waals surface area contributed by atoms with Crippen LogP contribution in [0.1, 0.15) is 98.6 Å². The summed E-state index contributed by atoms with van der Waals surface area (Å²) in [6.45, 7) is 5.74. The standard InChI is InChI=1S/C36H40N2O2/c1-3-5-7-9-23-39-35-25-34(22-20-30-13-17-32(28-38)18-14-30)36(40-24-10-8-6-4-2)26-33(35)21-19-29-11-15-31(27-37)16-12-29/h11-22,25-26H,3-10,23-24H2,1-2H3/b21-19+,22-20+. The molecule has 0 unspecified atom stereocenters. The molecule has 4 heteroatoms. The Balaban J connectivity index is 1.93. The van der Waals surface area contributed by atoms with Crippen molar-refractivity contribution in [2.75, 3.05) is 13.2 Å². The van der Waals surface area contributed by atoms with Crippen LogP contribution in [0.15, 0.2) is 60.7 Å². The lowest BCUT2D eigenvalue weighted by atomic mass is 10.0. The van der Waals surface area contributed by atoms with E-state index >= 15 is 0 Å². The van der Waals surface area contributed by atoms with E-state index in [-0.39, 0.29) is 0 Å². The molecule has 40 heavy (non-hydrogen) atoms. The van der Waals surface area contributed by atoms with Gasteiger partial charge in [-0.1, -0.05) is 101 Å². The highest BCUT2D eigenvalue weighted by atomic mass is 16.5. The molecule has 4 nitrogen and oxygen atoms in total. The van der Waals surface area contributed by atoms with E-state index in [0.717, 1.165) is 59.4 Å². The highest BCUT2D eigenvalue weighted by molar-refractivity contribution is 5.79. The zero-order chi connectivity index (χ0) is 28.4. The van der Waals surface area contributed by atoms with Crippen molar-refractivity contribution in [3.05, 3.63) is 94.0 Å². The van der Waals surface area contributed by atoms with E-state index in [4.69, 9.17) is 20.0 Å². The van der Waals surface area contributed by atoms with E-state index in [0.29, 0.717) is 24.3 Å². The fraction of sp³-hybridized carbons (Fsp3) is 0.333. The van der Waals surface area contributed by atoms with E-state index < -0.39 is 0 Å². The lowest BCUT2D eigenvalue weighted by Gasteiger charge is -2.15. The second-order valence-electron chi connectivity index (χ2n) is 9.88. The molecule has 3 rings (SSSR count). The van der Waals surface area contributed by atoms with Crippen molar-refractivity contribution in [3.8, 4) is 23.6 Å². The summed E-state index contributed by atoms with van der Waals surface area (Å²) in [5.74, 6) is 1.64. The summed E-state index contributed by atoms with van der Waals surface area (Å²) in [4.78, 5) is 0. The molecule has 3 aromatic carbocycles. The Hall–Kier alpha value is -4.28. The van der Waals surface area contributed by atoms with Gasteiger partial charge in [0.25, 0.3) is 0 Å². The van der Waals surface area contributed by atoms with E-state index in [2.05, 4.69) is 50.3 Å². The molecule has 0 atom stereocenters. The van der Waals surface area contributed by atoms with Crippen molar-refractivity contribution in [2.45, 2.75) is 65.2 Å². The van der Waals surface area contributed by atoms with Crippen molar-refractivity contribution in [1.29, 1.82) is 10.5 Å². The average molecular weight is 533 g/mol. The average Bonchev–Trinajstić information content (AvgIpc) is 3.00. The first-order valence-electron chi connectivity index (χ1n) is 14.5. The number of ether oxygens (including phenoxy) is 2. The maximum Gasteiger partial charge on any atom is 0.127 e. The first-order chi connectivity index (χ1) is 19.7. The molecule has 0 saturated carbocycles. The monoisotopic (exact) mass is 532 g/mol. The van der Waals surface area contributed by atoms with Crippen molar-refractivity contribution >= 4 is 24.3 Å². The number of rotatable bonds is 16. The molecule has 0 saturated heterocycles.